The molecule has 1 aromatic rings. The number of rotatable bonds is 5. The van der Waals surface area contributed by atoms with E-state index >= 15 is 0 Å². The van der Waals surface area contributed by atoms with Crippen molar-refractivity contribution in [3.8, 4) is 11.5 Å². The van der Waals surface area contributed by atoms with E-state index in [-0.39, 0.29) is 18.1 Å². The number of benzene rings is 1. The molecule has 7 nitrogen and oxygen atoms in total. The summed E-state index contributed by atoms with van der Waals surface area (Å²) in [5.74, 6) is -0.529. The quantitative estimate of drug-likeness (QED) is 0.834. The predicted octanol–water partition coefficient (Wildman–Crippen LogP) is 1.30. The van der Waals surface area contributed by atoms with Gasteiger partial charge in [-0.05, 0) is 37.0 Å². The van der Waals surface area contributed by atoms with E-state index in [2.05, 4.69) is 5.32 Å². The van der Waals surface area contributed by atoms with Crippen molar-refractivity contribution in [2.75, 3.05) is 26.6 Å². The lowest BCUT2D eigenvalue weighted by atomic mass is 9.74. The summed E-state index contributed by atoms with van der Waals surface area (Å²) < 4.78 is 16.4. The third kappa shape index (κ3) is 3.04. The number of hydrogen-bond donors (Lipinski definition) is 2. The van der Waals surface area contributed by atoms with E-state index in [1.807, 2.05) is 18.2 Å². The van der Waals surface area contributed by atoms with Crippen molar-refractivity contribution in [1.82, 2.24) is 5.32 Å². The molecule has 134 valence electrons. The molecule has 0 unspecified atom stereocenters. The zero-order chi connectivity index (χ0) is 17.4. The van der Waals surface area contributed by atoms with Gasteiger partial charge < -0.3 is 24.6 Å². The van der Waals surface area contributed by atoms with Crippen LogP contribution in [0.3, 0.4) is 0 Å². The highest BCUT2D eigenvalue weighted by atomic mass is 16.7. The molecule has 0 aromatic heterocycles. The van der Waals surface area contributed by atoms with Crippen LogP contribution in [-0.2, 0) is 19.7 Å². The van der Waals surface area contributed by atoms with Gasteiger partial charge in [0.15, 0.2) is 11.5 Å². The van der Waals surface area contributed by atoms with E-state index in [1.54, 1.807) is 0 Å². The summed E-state index contributed by atoms with van der Waals surface area (Å²) in [6, 6.07) is 5.90. The van der Waals surface area contributed by atoms with Crippen LogP contribution >= 0.6 is 0 Å². The molecule has 7 heteroatoms. The van der Waals surface area contributed by atoms with Crippen LogP contribution in [0.1, 0.15) is 24.8 Å². The molecule has 4 rings (SSSR count). The zero-order valence-corrected chi connectivity index (χ0v) is 13.8. The summed E-state index contributed by atoms with van der Waals surface area (Å²) in [5, 5.41) is 12.0. The first kappa shape index (κ1) is 16.2. The minimum Gasteiger partial charge on any atom is -0.481 e. The summed E-state index contributed by atoms with van der Waals surface area (Å²) >= 11 is 0. The van der Waals surface area contributed by atoms with Crippen LogP contribution < -0.4 is 14.8 Å². The van der Waals surface area contributed by atoms with Gasteiger partial charge in [0, 0.05) is 25.2 Å². The molecule has 2 heterocycles. The van der Waals surface area contributed by atoms with Gasteiger partial charge in [-0.3, -0.25) is 9.59 Å². The van der Waals surface area contributed by atoms with E-state index in [9.17, 15) is 9.59 Å². The maximum atomic E-state index is 12.3. The maximum absolute atomic E-state index is 12.3. The fraction of sp³-hybridized carbons (Fsp3) is 0.556. The highest BCUT2D eigenvalue weighted by molar-refractivity contribution is 5.89. The average Bonchev–Trinajstić information content (AvgIpc) is 3.31. The van der Waals surface area contributed by atoms with E-state index in [1.165, 1.54) is 0 Å². The van der Waals surface area contributed by atoms with Gasteiger partial charge in [0.2, 0.25) is 12.7 Å². The zero-order valence-electron chi connectivity index (χ0n) is 13.8. The van der Waals surface area contributed by atoms with Crippen LogP contribution in [0.25, 0.3) is 0 Å². The van der Waals surface area contributed by atoms with Crippen LogP contribution in [0.2, 0.25) is 0 Å². The predicted molar refractivity (Wildman–Crippen MR) is 86.5 cm³/mol. The molecule has 25 heavy (non-hydrogen) atoms. The van der Waals surface area contributed by atoms with Crippen LogP contribution in [0.5, 0.6) is 11.5 Å². The van der Waals surface area contributed by atoms with Crippen LogP contribution in [0.4, 0.5) is 0 Å². The smallest absolute Gasteiger partial charge is 0.307 e. The van der Waals surface area contributed by atoms with E-state index < -0.39 is 17.8 Å². The molecule has 1 aliphatic carbocycles. The molecule has 2 atom stereocenters. The van der Waals surface area contributed by atoms with E-state index in [4.69, 9.17) is 19.3 Å². The van der Waals surface area contributed by atoms with Gasteiger partial charge in [0.1, 0.15) is 0 Å². The van der Waals surface area contributed by atoms with Gasteiger partial charge in [-0.15, -0.1) is 0 Å². The van der Waals surface area contributed by atoms with E-state index in [0.717, 1.165) is 29.9 Å². The molecule has 2 aliphatic heterocycles. The second-order valence-corrected chi connectivity index (χ2v) is 6.97. The van der Waals surface area contributed by atoms with Gasteiger partial charge in [-0.1, -0.05) is 6.07 Å². The van der Waals surface area contributed by atoms with Crippen molar-refractivity contribution < 1.29 is 28.9 Å². The minimum atomic E-state index is -0.892. The average molecular weight is 347 g/mol. The Morgan fingerprint density at radius 2 is 1.92 bits per heavy atom. The second-order valence-electron chi connectivity index (χ2n) is 6.97. The van der Waals surface area contributed by atoms with Gasteiger partial charge in [-0.2, -0.15) is 0 Å². The lowest BCUT2D eigenvalue weighted by molar-refractivity contribution is -0.140. The second kappa shape index (κ2) is 6.22. The first-order chi connectivity index (χ1) is 12.1. The Labute approximate surface area is 145 Å². The third-order valence-electron chi connectivity index (χ3n) is 5.48. The fourth-order valence-electron chi connectivity index (χ4n) is 3.70. The van der Waals surface area contributed by atoms with E-state index in [0.29, 0.717) is 26.2 Å². The van der Waals surface area contributed by atoms with Crippen molar-refractivity contribution >= 4 is 11.9 Å². The first-order valence-corrected chi connectivity index (χ1v) is 8.57. The fourth-order valence-corrected chi connectivity index (χ4v) is 3.70. The Morgan fingerprint density at radius 1 is 1.16 bits per heavy atom. The highest BCUT2D eigenvalue weighted by Gasteiger charge is 2.48. The Kier molecular flexibility index (Phi) is 4.03. The third-order valence-corrected chi connectivity index (χ3v) is 5.48. The number of carboxylic acid groups (broad SMARTS) is 1. The number of carboxylic acids is 1. The Morgan fingerprint density at radius 3 is 2.64 bits per heavy atom. The van der Waals surface area contributed by atoms with Crippen LogP contribution in [-0.4, -0.2) is 43.5 Å². The normalized spacial score (nSPS) is 26.1. The summed E-state index contributed by atoms with van der Waals surface area (Å²) in [7, 11) is 0. The Bertz CT molecular complexity index is 697. The number of hydrogen-bond acceptors (Lipinski definition) is 5. The molecule has 1 saturated carbocycles. The number of aliphatic carboxylic acids is 1. The van der Waals surface area contributed by atoms with Crippen molar-refractivity contribution in [3.05, 3.63) is 23.8 Å². The monoisotopic (exact) mass is 347 g/mol. The largest absolute Gasteiger partial charge is 0.481 e. The molecule has 2 fully saturated rings. The van der Waals surface area contributed by atoms with Crippen molar-refractivity contribution in [2.24, 2.45) is 11.8 Å². The number of nitrogens with one attached hydrogen (secondary N) is 1. The highest BCUT2D eigenvalue weighted by Crippen LogP contribution is 2.42. The van der Waals surface area contributed by atoms with Gasteiger partial charge in [0.25, 0.3) is 0 Å². The minimum absolute atomic E-state index is 0.168. The molecule has 1 saturated heterocycles. The summed E-state index contributed by atoms with van der Waals surface area (Å²) in [6.07, 6.45) is 2.02. The molecule has 0 spiro atoms. The molecule has 1 amide bonds. The number of carbonyl (C=O) groups excluding carboxylic acids is 1. The molecular weight excluding hydrogens is 326 g/mol. The van der Waals surface area contributed by atoms with Crippen molar-refractivity contribution in [2.45, 2.75) is 24.7 Å². The SMILES string of the molecule is O=C(O)[C@@H]1C[C@H]1C(=O)NCC1(c2ccc3c(c2)OCO3)CCOCC1. The van der Waals surface area contributed by atoms with Gasteiger partial charge in [0.05, 0.1) is 11.8 Å². The number of amides is 1. The standard InChI is InChI=1S/C18H21NO6/c20-16(12-8-13(12)17(21)22)19-9-18(3-5-23-6-4-18)11-1-2-14-15(7-11)25-10-24-14/h1-2,7,12-13H,3-6,8-10H2,(H,19,20)(H,21,22)/t12-,13-/m1/s1. The van der Waals surface area contributed by atoms with Crippen molar-refractivity contribution in [1.29, 1.82) is 0 Å². The molecular formula is C18H21NO6. The molecule has 3 aliphatic rings. The molecule has 2 N–H and O–H groups in total. The summed E-state index contributed by atoms with van der Waals surface area (Å²) in [5.41, 5.74) is 0.855. The van der Waals surface area contributed by atoms with Crippen molar-refractivity contribution in [3.63, 3.8) is 0 Å². The summed E-state index contributed by atoms with van der Waals surface area (Å²) in [6.45, 7) is 1.96. The van der Waals surface area contributed by atoms with Gasteiger partial charge in [-0.25, -0.2) is 0 Å². The van der Waals surface area contributed by atoms with Crippen LogP contribution in [0.15, 0.2) is 18.2 Å². The molecule has 0 radical (unpaired) electrons. The lowest BCUT2D eigenvalue weighted by Crippen LogP contribution is -2.45. The number of carbonyl (C=O) groups is 2. The Balaban J connectivity index is 1.50. The molecule has 1 aromatic carbocycles. The Hall–Kier alpha value is -2.28. The maximum Gasteiger partial charge on any atom is 0.307 e. The number of fused-ring (bicyclic) bond motifs is 1. The topological polar surface area (TPSA) is 94.1 Å². The first-order valence-electron chi connectivity index (χ1n) is 8.57. The lowest BCUT2D eigenvalue weighted by Gasteiger charge is -2.38. The molecule has 0 bridgehead atoms. The summed E-state index contributed by atoms with van der Waals surface area (Å²) in [4.78, 5) is 23.2. The van der Waals surface area contributed by atoms with Gasteiger partial charge >= 0.3 is 5.97 Å². The number of ether oxygens (including phenoxy) is 3. The van der Waals surface area contributed by atoms with Crippen LogP contribution in [0, 0.1) is 11.8 Å².